The number of allylic oxidation sites excluding steroid dienone is 1. The third kappa shape index (κ3) is 6.78. The van der Waals surface area contributed by atoms with E-state index in [0.717, 1.165) is 22.3 Å². The summed E-state index contributed by atoms with van der Waals surface area (Å²) in [6.07, 6.45) is 2.72. The maximum Gasteiger partial charge on any atom is 0.256 e. The Morgan fingerprint density at radius 2 is 0.708 bits per heavy atom. The molecule has 4 aromatic rings. The molecule has 0 spiro atoms. The zero-order chi connectivity index (χ0) is 35.1. The van der Waals surface area contributed by atoms with Crippen molar-refractivity contribution in [2.24, 2.45) is 0 Å². The highest BCUT2D eigenvalue weighted by Gasteiger charge is 2.52. The third-order valence-electron chi connectivity index (χ3n) is 8.09. The van der Waals surface area contributed by atoms with Crippen molar-refractivity contribution in [3.05, 3.63) is 131 Å². The van der Waals surface area contributed by atoms with E-state index in [2.05, 4.69) is 0 Å². The summed E-state index contributed by atoms with van der Waals surface area (Å²) < 4.78 is 117. The van der Waals surface area contributed by atoms with Crippen molar-refractivity contribution in [3.63, 3.8) is 0 Å². The maximum absolute atomic E-state index is 14.5. The molecule has 0 radical (unpaired) electrons. The first-order chi connectivity index (χ1) is 22.5. The first-order valence-electron chi connectivity index (χ1n) is 15.0. The molecule has 4 aromatic carbocycles. The highest BCUT2D eigenvalue weighted by atomic mass is 32.3. The molecule has 0 saturated heterocycles. The molecule has 0 fully saturated rings. The number of sulfonamides is 4. The van der Waals surface area contributed by atoms with Crippen molar-refractivity contribution in [3.8, 4) is 0 Å². The van der Waals surface area contributed by atoms with E-state index in [1.807, 2.05) is 0 Å². The van der Waals surface area contributed by atoms with Gasteiger partial charge < -0.3 is 0 Å². The molecule has 1 aliphatic rings. The second-order valence-corrected chi connectivity index (χ2v) is 19.5. The topological polar surface area (TPSA) is 143 Å². The van der Waals surface area contributed by atoms with Crippen LogP contribution in [0.5, 0.6) is 0 Å². The third-order valence-corrected chi connectivity index (χ3v) is 16.8. The van der Waals surface area contributed by atoms with Crippen LogP contribution in [0.25, 0.3) is 0 Å². The number of benzene rings is 4. The van der Waals surface area contributed by atoms with Gasteiger partial charge in [0, 0.05) is 0 Å². The Labute approximate surface area is 283 Å². The van der Waals surface area contributed by atoms with Gasteiger partial charge in [0.15, 0.2) is 0 Å². The lowest BCUT2D eigenvalue weighted by atomic mass is 9.98. The smallest absolute Gasteiger partial charge is 0.206 e. The predicted molar refractivity (Wildman–Crippen MR) is 183 cm³/mol. The van der Waals surface area contributed by atoms with Gasteiger partial charge in [-0.05, 0) is 89.1 Å². The molecule has 0 N–H and O–H groups in total. The van der Waals surface area contributed by atoms with E-state index in [1.165, 1.54) is 109 Å². The minimum absolute atomic E-state index is 0.146. The molecule has 254 valence electrons. The molecule has 10 nitrogen and oxygen atoms in total. The lowest BCUT2D eigenvalue weighted by Gasteiger charge is -2.40. The molecular weight excluding hydrogens is 693 g/mol. The van der Waals surface area contributed by atoms with Gasteiger partial charge in [0.1, 0.15) is 0 Å². The Kier molecular flexibility index (Phi) is 9.90. The van der Waals surface area contributed by atoms with Crippen LogP contribution in [-0.4, -0.2) is 53.2 Å². The molecule has 0 saturated carbocycles. The Morgan fingerprint density at radius 1 is 0.438 bits per heavy atom. The molecule has 1 aliphatic carbocycles. The van der Waals surface area contributed by atoms with Gasteiger partial charge in [-0.15, -0.1) is 0 Å². The van der Waals surface area contributed by atoms with Gasteiger partial charge >= 0.3 is 0 Å². The van der Waals surface area contributed by atoms with Crippen LogP contribution in [0.4, 0.5) is 0 Å². The van der Waals surface area contributed by atoms with Crippen molar-refractivity contribution in [2.45, 2.75) is 72.2 Å². The van der Waals surface area contributed by atoms with E-state index in [0.29, 0.717) is 3.71 Å². The monoisotopic (exact) mass is 728 g/mol. The van der Waals surface area contributed by atoms with Gasteiger partial charge in [-0.1, -0.05) is 90.4 Å². The van der Waals surface area contributed by atoms with Crippen LogP contribution in [0.1, 0.15) is 35.1 Å². The summed E-state index contributed by atoms with van der Waals surface area (Å²) in [6.45, 7) is 6.95. The highest BCUT2D eigenvalue weighted by molar-refractivity contribution is 8.04. The van der Waals surface area contributed by atoms with Crippen LogP contribution >= 0.6 is 0 Å². The van der Waals surface area contributed by atoms with E-state index in [9.17, 15) is 33.7 Å². The Bertz CT molecular complexity index is 2120. The van der Waals surface area contributed by atoms with Gasteiger partial charge in [-0.2, -0.15) is 0 Å². The summed E-state index contributed by atoms with van der Waals surface area (Å²) in [5, 5.41) is 0. The SMILES string of the molecule is Cc1ccc(S(=O)(=O)N([C@@H]2CCC=C[C@@H]2N(S(=O)(=O)c2ccc(C)cc2)S(=O)(=O)c2ccc(C)cc2)S(=O)(=O)c2ccc(C)cc2)cc1. The van der Waals surface area contributed by atoms with Gasteiger partial charge in [0.2, 0.25) is 0 Å². The number of rotatable bonds is 10. The van der Waals surface area contributed by atoms with Crippen LogP contribution in [0.15, 0.2) is 129 Å². The minimum atomic E-state index is -4.95. The van der Waals surface area contributed by atoms with Crippen LogP contribution < -0.4 is 0 Å². The van der Waals surface area contributed by atoms with Crippen molar-refractivity contribution in [1.29, 1.82) is 0 Å². The molecule has 0 amide bonds. The fourth-order valence-corrected chi connectivity index (χ4v) is 13.5. The standard InChI is InChI=1S/C34H36N2O8S4/c1-25-9-17-29(18-10-25)45(37,38)35(46(39,40)30-19-11-26(2)12-20-30)33-7-5-6-8-34(33)36(47(41,42)31-21-13-27(3)14-22-31)48(43,44)32-23-15-28(4)16-24-32/h5,7,9-24,33-34H,6,8H2,1-4H3/t33-,34+/m0/s1. The highest BCUT2D eigenvalue weighted by Crippen LogP contribution is 2.38. The summed E-state index contributed by atoms with van der Waals surface area (Å²) in [6, 6.07) is 18.7. The van der Waals surface area contributed by atoms with E-state index in [4.69, 9.17) is 0 Å². The van der Waals surface area contributed by atoms with Crippen molar-refractivity contribution in [2.75, 3.05) is 0 Å². The number of nitrogens with zero attached hydrogens (tertiary/aromatic N) is 2. The molecule has 2 atom stereocenters. The van der Waals surface area contributed by atoms with E-state index in [1.54, 1.807) is 27.7 Å². The molecule has 14 heteroatoms. The Hall–Kier alpha value is -3.66. The molecule has 0 unspecified atom stereocenters. The zero-order valence-electron chi connectivity index (χ0n) is 26.8. The molecule has 0 bridgehead atoms. The maximum atomic E-state index is 14.5. The Morgan fingerprint density at radius 3 is 1.00 bits per heavy atom. The summed E-state index contributed by atoms with van der Waals surface area (Å²) in [5.74, 6) is 0. The Balaban J connectivity index is 1.80. The summed E-state index contributed by atoms with van der Waals surface area (Å²) in [4.78, 5) is -1.44. The molecule has 0 aliphatic heterocycles. The fraction of sp³-hybridized carbons (Fsp3) is 0.235. The van der Waals surface area contributed by atoms with E-state index < -0.39 is 52.2 Å². The van der Waals surface area contributed by atoms with E-state index >= 15 is 0 Å². The summed E-state index contributed by atoms with van der Waals surface area (Å²) >= 11 is 0. The van der Waals surface area contributed by atoms with Crippen molar-refractivity contribution in [1.82, 2.24) is 7.42 Å². The summed E-state index contributed by atoms with van der Waals surface area (Å²) in [7, 11) is -19.8. The average molecular weight is 729 g/mol. The largest absolute Gasteiger partial charge is 0.256 e. The summed E-state index contributed by atoms with van der Waals surface area (Å²) in [5.41, 5.74) is 2.88. The van der Waals surface area contributed by atoms with Crippen LogP contribution in [0.2, 0.25) is 0 Å². The second kappa shape index (κ2) is 13.3. The average Bonchev–Trinajstić information content (AvgIpc) is 3.02. The van der Waals surface area contributed by atoms with Crippen LogP contribution in [-0.2, 0) is 40.1 Å². The zero-order valence-corrected chi connectivity index (χ0v) is 30.0. The number of hydrogen-bond donors (Lipinski definition) is 0. The van der Waals surface area contributed by atoms with Crippen molar-refractivity contribution >= 4 is 40.1 Å². The van der Waals surface area contributed by atoms with Gasteiger partial charge in [-0.3, -0.25) is 0 Å². The van der Waals surface area contributed by atoms with E-state index in [-0.39, 0.29) is 36.1 Å². The lowest BCUT2D eigenvalue weighted by Crippen LogP contribution is -2.58. The predicted octanol–water partition coefficient (Wildman–Crippen LogP) is 5.47. The first-order valence-corrected chi connectivity index (χ1v) is 20.8. The molecule has 0 aromatic heterocycles. The molecule has 48 heavy (non-hydrogen) atoms. The number of aryl methyl sites for hydroxylation is 4. The van der Waals surface area contributed by atoms with Gasteiger partial charge in [0.05, 0.1) is 31.7 Å². The van der Waals surface area contributed by atoms with Gasteiger partial charge in [-0.25, -0.2) is 33.7 Å². The lowest BCUT2D eigenvalue weighted by molar-refractivity contribution is 0.307. The molecule has 0 heterocycles. The first kappa shape index (κ1) is 35.6. The van der Waals surface area contributed by atoms with Gasteiger partial charge in [0.25, 0.3) is 40.1 Å². The van der Waals surface area contributed by atoms with Crippen LogP contribution in [0, 0.1) is 27.7 Å². The fourth-order valence-electron chi connectivity index (χ4n) is 5.43. The minimum Gasteiger partial charge on any atom is -0.206 e. The quantitative estimate of drug-likeness (QED) is 0.196. The normalized spacial score (nSPS) is 17.5. The molecular formula is C34H36N2O8S4. The molecule has 5 rings (SSSR count). The second-order valence-electron chi connectivity index (χ2n) is 11.8. The number of hydrogen-bond acceptors (Lipinski definition) is 8. The van der Waals surface area contributed by atoms with Crippen LogP contribution in [0.3, 0.4) is 0 Å². The van der Waals surface area contributed by atoms with Crippen molar-refractivity contribution < 1.29 is 33.7 Å².